The molecule has 0 radical (unpaired) electrons. The zero-order chi connectivity index (χ0) is 20.5. The van der Waals surface area contributed by atoms with Gasteiger partial charge in [-0.05, 0) is 47.9 Å². The monoisotopic (exact) mass is 405 g/mol. The van der Waals surface area contributed by atoms with E-state index >= 15 is 0 Å². The molecule has 0 heterocycles. The maximum atomic E-state index is 11.8. The van der Waals surface area contributed by atoms with Crippen LogP contribution in [0.4, 0.5) is 0 Å². The molecule has 0 fully saturated rings. The number of rotatable bonds is 7. The molecule has 2 amide bonds. The van der Waals surface area contributed by atoms with E-state index in [4.69, 9.17) is 21.1 Å². The quantitative estimate of drug-likeness (QED) is 0.370. The number of carbonyl (C=O) groups is 2. The molecular weight excluding hydrogens is 386 g/mol. The minimum absolute atomic E-state index is 0.0586. The van der Waals surface area contributed by atoms with E-state index in [-0.39, 0.29) is 17.3 Å². The van der Waals surface area contributed by atoms with Gasteiger partial charge in [0.1, 0.15) is 5.75 Å². The van der Waals surface area contributed by atoms with Crippen LogP contribution in [0.1, 0.15) is 11.1 Å². The van der Waals surface area contributed by atoms with Crippen molar-refractivity contribution in [2.75, 3.05) is 20.8 Å². The second-order valence-electron chi connectivity index (χ2n) is 5.61. The fraction of sp³-hybridized carbons (Fsp3) is 0.211. The molecule has 0 aromatic heterocycles. The van der Waals surface area contributed by atoms with Crippen LogP contribution in [0.25, 0.3) is 0 Å². The average Bonchev–Trinajstić information content (AvgIpc) is 2.70. The Morgan fingerprint density at radius 3 is 2.54 bits per heavy atom. The highest BCUT2D eigenvalue weighted by Crippen LogP contribution is 2.27. The van der Waals surface area contributed by atoms with Crippen molar-refractivity contribution in [1.82, 2.24) is 10.7 Å². The molecule has 0 saturated heterocycles. The fourth-order valence-corrected chi connectivity index (χ4v) is 2.45. The van der Waals surface area contributed by atoms with Crippen LogP contribution in [0.2, 0.25) is 5.02 Å². The minimum Gasteiger partial charge on any atom is -0.506 e. The molecule has 9 heteroatoms. The Labute approximate surface area is 167 Å². The van der Waals surface area contributed by atoms with Crippen molar-refractivity contribution in [3.8, 4) is 17.2 Å². The number of amides is 2. The minimum atomic E-state index is -0.895. The van der Waals surface area contributed by atoms with Crippen LogP contribution in [0.3, 0.4) is 0 Å². The van der Waals surface area contributed by atoms with Crippen molar-refractivity contribution >= 4 is 29.6 Å². The Morgan fingerprint density at radius 1 is 1.11 bits per heavy atom. The molecule has 0 spiro atoms. The predicted molar refractivity (Wildman–Crippen MR) is 105 cm³/mol. The summed E-state index contributed by atoms with van der Waals surface area (Å²) in [5, 5.41) is 15.7. The third-order valence-electron chi connectivity index (χ3n) is 3.70. The van der Waals surface area contributed by atoms with E-state index in [1.165, 1.54) is 18.3 Å². The van der Waals surface area contributed by atoms with Gasteiger partial charge in [0.25, 0.3) is 0 Å². The average molecular weight is 406 g/mol. The van der Waals surface area contributed by atoms with E-state index in [2.05, 4.69) is 15.8 Å². The summed E-state index contributed by atoms with van der Waals surface area (Å²) in [6.07, 6.45) is 1.81. The number of phenols is 1. The van der Waals surface area contributed by atoms with Crippen molar-refractivity contribution in [2.24, 2.45) is 5.10 Å². The smallest absolute Gasteiger partial charge is 0.329 e. The SMILES string of the molecule is COc1ccc(CCNC(=O)C(=O)N/N=C\c2ccc(O)c(Cl)c2)cc1OC. The van der Waals surface area contributed by atoms with Gasteiger partial charge in [-0.15, -0.1) is 0 Å². The molecule has 2 rings (SSSR count). The molecule has 2 aromatic rings. The van der Waals surface area contributed by atoms with Gasteiger partial charge in [0.05, 0.1) is 25.5 Å². The lowest BCUT2D eigenvalue weighted by Gasteiger charge is -2.10. The number of phenolic OH excluding ortho intramolecular Hbond substituents is 1. The molecule has 8 nitrogen and oxygen atoms in total. The van der Waals surface area contributed by atoms with Crippen LogP contribution >= 0.6 is 11.6 Å². The third kappa shape index (κ3) is 5.88. The van der Waals surface area contributed by atoms with Gasteiger partial charge in [-0.3, -0.25) is 9.59 Å². The van der Waals surface area contributed by atoms with Gasteiger partial charge < -0.3 is 19.9 Å². The molecule has 3 N–H and O–H groups in total. The van der Waals surface area contributed by atoms with E-state index < -0.39 is 11.8 Å². The molecule has 0 atom stereocenters. The van der Waals surface area contributed by atoms with Crippen LogP contribution < -0.4 is 20.2 Å². The Bertz CT molecular complexity index is 886. The fourth-order valence-electron chi connectivity index (χ4n) is 2.26. The Balaban J connectivity index is 1.80. The largest absolute Gasteiger partial charge is 0.506 e. The van der Waals surface area contributed by atoms with Gasteiger partial charge in [-0.2, -0.15) is 5.10 Å². The molecule has 0 aliphatic carbocycles. The number of hydrogen-bond acceptors (Lipinski definition) is 6. The Hall–Kier alpha value is -3.26. The zero-order valence-electron chi connectivity index (χ0n) is 15.4. The number of ether oxygens (including phenoxy) is 2. The van der Waals surface area contributed by atoms with E-state index in [9.17, 15) is 14.7 Å². The summed E-state index contributed by atoms with van der Waals surface area (Å²) in [4.78, 5) is 23.5. The van der Waals surface area contributed by atoms with Crippen LogP contribution in [-0.4, -0.2) is 43.9 Å². The highest BCUT2D eigenvalue weighted by molar-refractivity contribution is 6.35. The summed E-state index contributed by atoms with van der Waals surface area (Å²) in [6, 6.07) is 9.84. The molecule has 0 unspecified atom stereocenters. The normalized spacial score (nSPS) is 10.5. The molecule has 148 valence electrons. The molecule has 28 heavy (non-hydrogen) atoms. The summed E-state index contributed by atoms with van der Waals surface area (Å²) in [7, 11) is 3.09. The van der Waals surface area contributed by atoms with Crippen LogP contribution in [-0.2, 0) is 16.0 Å². The first-order valence-electron chi connectivity index (χ1n) is 8.25. The molecule has 0 aliphatic rings. The molecule has 0 saturated carbocycles. The molecule has 0 bridgehead atoms. The third-order valence-corrected chi connectivity index (χ3v) is 4.01. The maximum Gasteiger partial charge on any atom is 0.329 e. The summed E-state index contributed by atoms with van der Waals surface area (Å²) >= 11 is 5.77. The number of carbonyl (C=O) groups excluding carboxylic acids is 2. The number of halogens is 1. The number of benzene rings is 2. The van der Waals surface area contributed by atoms with Gasteiger partial charge in [-0.25, -0.2) is 5.43 Å². The van der Waals surface area contributed by atoms with Crippen molar-refractivity contribution in [1.29, 1.82) is 0 Å². The topological polar surface area (TPSA) is 109 Å². The number of methoxy groups -OCH3 is 2. The highest BCUT2D eigenvalue weighted by Gasteiger charge is 2.12. The Kier molecular flexibility index (Phi) is 7.65. The number of nitrogens with zero attached hydrogens (tertiary/aromatic N) is 1. The van der Waals surface area contributed by atoms with Gasteiger partial charge in [0.15, 0.2) is 11.5 Å². The van der Waals surface area contributed by atoms with Crippen LogP contribution in [0, 0.1) is 0 Å². The van der Waals surface area contributed by atoms with Crippen molar-refractivity contribution < 1.29 is 24.2 Å². The first-order chi connectivity index (χ1) is 13.4. The number of hydrazone groups is 1. The highest BCUT2D eigenvalue weighted by atomic mass is 35.5. The van der Waals surface area contributed by atoms with Crippen LogP contribution in [0.15, 0.2) is 41.5 Å². The van der Waals surface area contributed by atoms with Crippen molar-refractivity contribution in [2.45, 2.75) is 6.42 Å². The molecule has 0 aliphatic heterocycles. The maximum absolute atomic E-state index is 11.8. The van der Waals surface area contributed by atoms with Crippen molar-refractivity contribution in [3.05, 3.63) is 52.5 Å². The first-order valence-corrected chi connectivity index (χ1v) is 8.63. The van der Waals surface area contributed by atoms with Gasteiger partial charge >= 0.3 is 11.8 Å². The molecule has 2 aromatic carbocycles. The number of nitrogens with one attached hydrogen (secondary N) is 2. The first kappa shape index (κ1) is 21.0. The summed E-state index contributed by atoms with van der Waals surface area (Å²) in [6.45, 7) is 0.263. The summed E-state index contributed by atoms with van der Waals surface area (Å²) in [5.41, 5.74) is 3.59. The lowest BCUT2D eigenvalue weighted by Crippen LogP contribution is -2.38. The standard InChI is InChI=1S/C19H20ClN3O5/c1-27-16-6-4-12(10-17(16)28-2)7-8-21-18(25)19(26)23-22-11-13-3-5-15(24)14(20)9-13/h3-6,9-11,24H,7-8H2,1-2H3,(H,21,25)(H,23,26)/b22-11-. The Morgan fingerprint density at radius 2 is 1.86 bits per heavy atom. The zero-order valence-corrected chi connectivity index (χ0v) is 16.1. The predicted octanol–water partition coefficient (Wildman–Crippen LogP) is 1.87. The molecular formula is C19H20ClN3O5. The second kappa shape index (κ2) is 10.2. The number of hydrogen-bond donors (Lipinski definition) is 3. The van der Waals surface area contributed by atoms with E-state index in [1.807, 2.05) is 6.07 Å². The van der Waals surface area contributed by atoms with Crippen LogP contribution in [0.5, 0.6) is 17.2 Å². The summed E-state index contributed by atoms with van der Waals surface area (Å²) in [5.74, 6) is -0.554. The van der Waals surface area contributed by atoms with E-state index in [0.717, 1.165) is 5.56 Å². The van der Waals surface area contributed by atoms with Gasteiger partial charge in [-0.1, -0.05) is 17.7 Å². The van der Waals surface area contributed by atoms with Gasteiger partial charge in [0.2, 0.25) is 0 Å². The van der Waals surface area contributed by atoms with Crippen molar-refractivity contribution in [3.63, 3.8) is 0 Å². The second-order valence-corrected chi connectivity index (χ2v) is 6.01. The summed E-state index contributed by atoms with van der Waals surface area (Å²) < 4.78 is 10.4. The van der Waals surface area contributed by atoms with E-state index in [1.54, 1.807) is 32.4 Å². The van der Waals surface area contributed by atoms with E-state index in [0.29, 0.717) is 23.5 Å². The van der Waals surface area contributed by atoms with Gasteiger partial charge in [0, 0.05) is 6.54 Å². The number of aromatic hydroxyl groups is 1. The lowest BCUT2D eigenvalue weighted by molar-refractivity contribution is -0.139. The lowest BCUT2D eigenvalue weighted by atomic mass is 10.1.